The van der Waals surface area contributed by atoms with E-state index in [4.69, 9.17) is 0 Å². The molecule has 0 aromatic carbocycles. The second-order valence-electron chi connectivity index (χ2n) is 4.97. The lowest BCUT2D eigenvalue weighted by Crippen LogP contribution is -2.23. The fourth-order valence-corrected chi connectivity index (χ4v) is 2.36. The maximum absolute atomic E-state index is 11.0. The predicted octanol–water partition coefficient (Wildman–Crippen LogP) is 1.83. The van der Waals surface area contributed by atoms with Gasteiger partial charge in [-0.15, -0.1) is 0 Å². The second kappa shape index (κ2) is 4.90. The molecule has 0 unspecified atom stereocenters. The highest BCUT2D eigenvalue weighted by molar-refractivity contribution is 5.66. The predicted molar refractivity (Wildman–Crippen MR) is 74.8 cm³/mol. The Balaban J connectivity index is 1.85. The molecular formula is C15H17N3O. The first-order valence-corrected chi connectivity index (χ1v) is 6.47. The molecule has 0 aliphatic carbocycles. The van der Waals surface area contributed by atoms with Gasteiger partial charge in [-0.2, -0.15) is 4.73 Å². The van der Waals surface area contributed by atoms with Crippen LogP contribution in [0.3, 0.4) is 0 Å². The van der Waals surface area contributed by atoms with Gasteiger partial charge in [0.1, 0.15) is 0 Å². The zero-order valence-electron chi connectivity index (χ0n) is 11.0. The van der Waals surface area contributed by atoms with Crippen LogP contribution in [0.5, 0.6) is 0 Å². The number of pyridine rings is 1. The summed E-state index contributed by atoms with van der Waals surface area (Å²) in [4.78, 5) is 2.31. The summed E-state index contributed by atoms with van der Waals surface area (Å²) in [5.41, 5.74) is 3.69. The van der Waals surface area contributed by atoms with Crippen molar-refractivity contribution < 1.29 is 4.73 Å². The minimum Gasteiger partial charge on any atom is -0.619 e. The molecule has 0 saturated carbocycles. The van der Waals surface area contributed by atoms with Crippen LogP contribution < -0.4 is 4.73 Å². The molecule has 1 aliphatic heterocycles. The molecule has 4 nitrogen and oxygen atoms in total. The molecule has 0 fully saturated rings. The maximum Gasteiger partial charge on any atom is 0.182 e. The van der Waals surface area contributed by atoms with Crippen LogP contribution in [0.25, 0.3) is 11.3 Å². The van der Waals surface area contributed by atoms with Gasteiger partial charge in [0.05, 0.1) is 5.69 Å². The van der Waals surface area contributed by atoms with Crippen LogP contribution in [0.1, 0.15) is 12.0 Å². The van der Waals surface area contributed by atoms with Crippen molar-refractivity contribution in [2.45, 2.75) is 6.42 Å². The van der Waals surface area contributed by atoms with Crippen molar-refractivity contribution >= 4 is 5.57 Å². The van der Waals surface area contributed by atoms with Crippen LogP contribution >= 0.6 is 0 Å². The Morgan fingerprint density at radius 3 is 2.68 bits per heavy atom. The van der Waals surface area contributed by atoms with Gasteiger partial charge in [-0.25, -0.2) is 0 Å². The van der Waals surface area contributed by atoms with Gasteiger partial charge < -0.3 is 14.7 Å². The lowest BCUT2D eigenvalue weighted by Gasteiger charge is -2.21. The van der Waals surface area contributed by atoms with Crippen molar-refractivity contribution in [3.63, 3.8) is 0 Å². The molecule has 0 atom stereocenters. The monoisotopic (exact) mass is 255 g/mol. The van der Waals surface area contributed by atoms with Crippen molar-refractivity contribution in [2.75, 3.05) is 20.1 Å². The Bertz CT molecular complexity index is 598. The fraction of sp³-hybridized carbons (Fsp3) is 0.267. The summed E-state index contributed by atoms with van der Waals surface area (Å²) >= 11 is 0. The van der Waals surface area contributed by atoms with Gasteiger partial charge in [-0.05, 0) is 30.7 Å². The van der Waals surface area contributed by atoms with Gasteiger partial charge in [0, 0.05) is 37.6 Å². The number of nitrogens with zero attached hydrogens (tertiary/aromatic N) is 3. The first-order valence-electron chi connectivity index (χ1n) is 6.47. The highest BCUT2D eigenvalue weighted by Gasteiger charge is 2.11. The fourth-order valence-electron chi connectivity index (χ4n) is 2.36. The summed E-state index contributed by atoms with van der Waals surface area (Å²) in [6.45, 7) is 2.13. The Labute approximate surface area is 112 Å². The quantitative estimate of drug-likeness (QED) is 0.606. The zero-order chi connectivity index (χ0) is 13.2. The second-order valence-corrected chi connectivity index (χ2v) is 4.97. The third kappa shape index (κ3) is 2.53. The van der Waals surface area contributed by atoms with Crippen molar-refractivity contribution in [1.29, 1.82) is 0 Å². The van der Waals surface area contributed by atoms with Crippen molar-refractivity contribution in [3.05, 3.63) is 59.8 Å². The summed E-state index contributed by atoms with van der Waals surface area (Å²) in [6.07, 6.45) is 10.6. The van der Waals surface area contributed by atoms with Gasteiger partial charge >= 0.3 is 0 Å². The minimum atomic E-state index is 0.799. The van der Waals surface area contributed by atoms with Crippen molar-refractivity contribution in [1.82, 2.24) is 9.47 Å². The molecule has 0 amide bonds. The van der Waals surface area contributed by atoms with Crippen LogP contribution in [0.15, 0.2) is 49.1 Å². The third-order valence-corrected chi connectivity index (χ3v) is 3.56. The highest BCUT2D eigenvalue weighted by Crippen LogP contribution is 2.23. The van der Waals surface area contributed by atoms with E-state index in [0.29, 0.717) is 0 Å². The maximum atomic E-state index is 11.0. The topological polar surface area (TPSA) is 35.1 Å². The van der Waals surface area contributed by atoms with E-state index in [1.54, 1.807) is 0 Å². The third-order valence-electron chi connectivity index (χ3n) is 3.56. The smallest absolute Gasteiger partial charge is 0.182 e. The van der Waals surface area contributed by atoms with Gasteiger partial charge in [0.2, 0.25) is 0 Å². The van der Waals surface area contributed by atoms with Crippen LogP contribution in [0.2, 0.25) is 0 Å². The normalized spacial score (nSPS) is 16.4. The molecule has 3 heterocycles. The molecule has 0 N–H and O–H groups in total. The SMILES string of the molecule is CN1CC=C(c2ccn(-c3cc[n+]([O-])cc3)c2)CC1. The first kappa shape index (κ1) is 12.0. The van der Waals surface area contributed by atoms with E-state index in [9.17, 15) is 5.21 Å². The zero-order valence-corrected chi connectivity index (χ0v) is 11.0. The lowest BCUT2D eigenvalue weighted by molar-refractivity contribution is -0.605. The van der Waals surface area contributed by atoms with E-state index in [-0.39, 0.29) is 0 Å². The van der Waals surface area contributed by atoms with Gasteiger partial charge in [-0.3, -0.25) is 0 Å². The van der Waals surface area contributed by atoms with Gasteiger partial charge in [0.15, 0.2) is 12.4 Å². The van der Waals surface area contributed by atoms with Gasteiger partial charge in [-0.1, -0.05) is 6.08 Å². The van der Waals surface area contributed by atoms with E-state index in [2.05, 4.69) is 34.9 Å². The molecule has 4 heteroatoms. The summed E-state index contributed by atoms with van der Waals surface area (Å²) < 4.78 is 2.85. The summed E-state index contributed by atoms with van der Waals surface area (Å²) in [7, 11) is 2.14. The van der Waals surface area contributed by atoms with Crippen LogP contribution in [0.4, 0.5) is 0 Å². The van der Waals surface area contributed by atoms with Crippen molar-refractivity contribution in [2.24, 2.45) is 0 Å². The Hall–Kier alpha value is -2.07. The molecule has 98 valence electrons. The largest absolute Gasteiger partial charge is 0.619 e. The summed E-state index contributed by atoms with van der Waals surface area (Å²) in [5.74, 6) is 0. The summed E-state index contributed by atoms with van der Waals surface area (Å²) in [5, 5.41) is 11.0. The van der Waals surface area contributed by atoms with Crippen LogP contribution in [-0.4, -0.2) is 29.6 Å². The number of rotatable bonds is 2. The molecular weight excluding hydrogens is 238 g/mol. The van der Waals surface area contributed by atoms with E-state index < -0.39 is 0 Å². The van der Waals surface area contributed by atoms with Gasteiger partial charge in [0.25, 0.3) is 0 Å². The highest BCUT2D eigenvalue weighted by atomic mass is 16.5. The Morgan fingerprint density at radius 1 is 1.21 bits per heavy atom. The first-order chi connectivity index (χ1) is 9.22. The van der Waals surface area contributed by atoms with E-state index in [1.165, 1.54) is 23.5 Å². The number of hydrogen-bond acceptors (Lipinski definition) is 2. The molecule has 0 radical (unpaired) electrons. The Morgan fingerprint density at radius 2 is 2.00 bits per heavy atom. The molecule has 1 aliphatic rings. The summed E-state index contributed by atoms with van der Waals surface area (Å²) in [6, 6.07) is 5.77. The van der Waals surface area contributed by atoms with E-state index in [0.717, 1.165) is 29.9 Å². The van der Waals surface area contributed by atoms with Crippen LogP contribution in [-0.2, 0) is 0 Å². The molecule has 0 bridgehead atoms. The molecule has 2 aromatic rings. The molecule has 2 aromatic heterocycles. The number of hydrogen-bond donors (Lipinski definition) is 0. The average molecular weight is 255 g/mol. The Kier molecular flexibility index (Phi) is 3.09. The molecule has 19 heavy (non-hydrogen) atoms. The van der Waals surface area contributed by atoms with E-state index in [1.807, 2.05) is 18.3 Å². The lowest BCUT2D eigenvalue weighted by atomic mass is 10.0. The van der Waals surface area contributed by atoms with Crippen molar-refractivity contribution in [3.8, 4) is 5.69 Å². The van der Waals surface area contributed by atoms with Crippen LogP contribution in [0, 0.1) is 5.21 Å². The molecule has 0 saturated heterocycles. The minimum absolute atomic E-state index is 0.799. The standard InChI is InChI=1S/C15H17N3O/c1-16-7-2-13(3-8-16)14-4-9-17(12-14)15-5-10-18(19)11-6-15/h2,4-6,9-12H,3,7-8H2,1H3. The van der Waals surface area contributed by atoms with E-state index >= 15 is 0 Å². The average Bonchev–Trinajstić information content (AvgIpc) is 2.90. The number of aromatic nitrogens is 2. The number of likely N-dealkylation sites (N-methyl/N-ethyl adjacent to an activating group) is 1. The molecule has 0 spiro atoms. The molecule has 3 rings (SSSR count).